The number of hydrogen-bond acceptors (Lipinski definition) is 5. The third-order valence-corrected chi connectivity index (χ3v) is 6.15. The number of aromatic nitrogens is 1. The summed E-state index contributed by atoms with van der Waals surface area (Å²) in [4.78, 5) is 33.9. The monoisotopic (exact) mass is 441 g/mol. The number of aliphatic hydroxyl groups excluding tert-OH is 1. The van der Waals surface area contributed by atoms with Crippen LogP contribution in [0, 0.1) is 13.8 Å². The highest BCUT2D eigenvalue weighted by Crippen LogP contribution is 2.40. The van der Waals surface area contributed by atoms with Crippen molar-refractivity contribution in [1.82, 2.24) is 9.88 Å². The van der Waals surface area contributed by atoms with Gasteiger partial charge in [-0.1, -0.05) is 24.3 Å². The van der Waals surface area contributed by atoms with Crippen molar-refractivity contribution in [1.29, 1.82) is 0 Å². The van der Waals surface area contributed by atoms with E-state index in [1.54, 1.807) is 18.5 Å². The number of likely N-dealkylation sites (tertiary alicyclic amines) is 1. The highest BCUT2D eigenvalue weighted by Gasteiger charge is 2.46. The van der Waals surface area contributed by atoms with Crippen LogP contribution in [-0.2, 0) is 16.1 Å². The zero-order valence-electron chi connectivity index (χ0n) is 19.2. The predicted molar refractivity (Wildman–Crippen MR) is 129 cm³/mol. The van der Waals surface area contributed by atoms with Crippen LogP contribution in [0.5, 0.6) is 0 Å². The third kappa shape index (κ3) is 4.24. The molecule has 1 aliphatic heterocycles. The molecule has 0 aliphatic carbocycles. The summed E-state index contributed by atoms with van der Waals surface area (Å²) >= 11 is 0. The zero-order chi connectivity index (χ0) is 23.7. The minimum Gasteiger partial charge on any atom is -0.507 e. The van der Waals surface area contributed by atoms with Gasteiger partial charge in [-0.25, -0.2) is 0 Å². The van der Waals surface area contributed by atoms with E-state index in [0.29, 0.717) is 5.56 Å². The van der Waals surface area contributed by atoms with Crippen LogP contribution < -0.4 is 4.90 Å². The first-order valence-corrected chi connectivity index (χ1v) is 10.8. The summed E-state index contributed by atoms with van der Waals surface area (Å²) in [6, 6.07) is 16.1. The molecular weight excluding hydrogens is 414 g/mol. The van der Waals surface area contributed by atoms with Crippen molar-refractivity contribution in [2.45, 2.75) is 26.4 Å². The molecule has 0 saturated carbocycles. The highest BCUT2D eigenvalue weighted by molar-refractivity contribution is 6.46. The Balaban J connectivity index is 1.86. The Hall–Kier alpha value is -3.93. The van der Waals surface area contributed by atoms with Crippen LogP contribution >= 0.6 is 0 Å². The molecule has 33 heavy (non-hydrogen) atoms. The smallest absolute Gasteiger partial charge is 0.295 e. The number of pyridine rings is 1. The van der Waals surface area contributed by atoms with Gasteiger partial charge in [0.1, 0.15) is 5.76 Å². The molecule has 2 aromatic carbocycles. The first-order valence-electron chi connectivity index (χ1n) is 10.8. The summed E-state index contributed by atoms with van der Waals surface area (Å²) in [5, 5.41) is 11.2. The van der Waals surface area contributed by atoms with Crippen molar-refractivity contribution in [3.8, 4) is 0 Å². The lowest BCUT2D eigenvalue weighted by Crippen LogP contribution is -2.29. The first-order chi connectivity index (χ1) is 15.8. The van der Waals surface area contributed by atoms with Gasteiger partial charge < -0.3 is 14.9 Å². The maximum Gasteiger partial charge on any atom is 0.295 e. The fourth-order valence-corrected chi connectivity index (χ4v) is 4.07. The minimum atomic E-state index is -0.698. The second-order valence-electron chi connectivity index (χ2n) is 8.57. The Bertz CT molecular complexity index is 1230. The van der Waals surface area contributed by atoms with E-state index in [2.05, 4.69) is 4.98 Å². The molecular formula is C27H27N3O3. The number of rotatable bonds is 5. The van der Waals surface area contributed by atoms with Gasteiger partial charge in [0.25, 0.3) is 11.7 Å². The largest absolute Gasteiger partial charge is 0.507 e. The fourth-order valence-electron chi connectivity index (χ4n) is 4.07. The molecule has 4 rings (SSSR count). The van der Waals surface area contributed by atoms with E-state index in [1.807, 2.05) is 81.4 Å². The topological polar surface area (TPSA) is 73.7 Å². The summed E-state index contributed by atoms with van der Waals surface area (Å²) < 4.78 is 0. The normalized spacial score (nSPS) is 17.5. The lowest BCUT2D eigenvalue weighted by molar-refractivity contribution is -0.140. The van der Waals surface area contributed by atoms with Gasteiger partial charge in [-0.05, 0) is 66.4 Å². The summed E-state index contributed by atoms with van der Waals surface area (Å²) in [7, 11) is 3.90. The Morgan fingerprint density at radius 3 is 2.24 bits per heavy atom. The average molecular weight is 442 g/mol. The van der Waals surface area contributed by atoms with Crippen LogP contribution in [0.15, 0.2) is 72.6 Å². The molecule has 6 nitrogen and oxygen atoms in total. The van der Waals surface area contributed by atoms with E-state index in [4.69, 9.17) is 0 Å². The molecule has 1 atom stereocenters. The molecule has 0 radical (unpaired) electrons. The first kappa shape index (κ1) is 22.3. The number of benzene rings is 2. The molecule has 1 unspecified atom stereocenters. The van der Waals surface area contributed by atoms with Crippen molar-refractivity contribution >= 4 is 23.1 Å². The fraction of sp³-hybridized carbons (Fsp3) is 0.222. The summed E-state index contributed by atoms with van der Waals surface area (Å²) in [5.41, 5.74) is 5.33. The van der Waals surface area contributed by atoms with Gasteiger partial charge in [-0.15, -0.1) is 0 Å². The van der Waals surface area contributed by atoms with Crippen LogP contribution in [0.3, 0.4) is 0 Å². The van der Waals surface area contributed by atoms with Gasteiger partial charge in [0.2, 0.25) is 0 Å². The predicted octanol–water partition coefficient (Wildman–Crippen LogP) is 4.39. The average Bonchev–Trinajstić information content (AvgIpc) is 3.06. The Morgan fingerprint density at radius 1 is 0.970 bits per heavy atom. The number of nitrogens with zero attached hydrogens (tertiary/aromatic N) is 3. The number of carbonyl (C=O) groups is 2. The molecule has 1 saturated heterocycles. The van der Waals surface area contributed by atoms with Crippen LogP contribution in [0.2, 0.25) is 0 Å². The molecule has 1 fully saturated rings. The van der Waals surface area contributed by atoms with E-state index in [1.165, 1.54) is 4.90 Å². The molecule has 1 N–H and O–H groups in total. The van der Waals surface area contributed by atoms with Crippen molar-refractivity contribution in [2.24, 2.45) is 0 Å². The Morgan fingerprint density at radius 2 is 1.64 bits per heavy atom. The molecule has 1 aromatic heterocycles. The SMILES string of the molecule is Cc1ccc(/C(O)=C2/C(=O)C(=O)N(Cc3ccncc3)C2c2ccc(N(C)C)cc2)cc1C. The maximum atomic E-state index is 13.2. The van der Waals surface area contributed by atoms with Crippen LogP contribution in [-0.4, -0.2) is 40.8 Å². The lowest BCUT2D eigenvalue weighted by Gasteiger charge is -2.26. The maximum absolute atomic E-state index is 13.2. The van der Waals surface area contributed by atoms with E-state index in [-0.39, 0.29) is 17.9 Å². The lowest BCUT2D eigenvalue weighted by atomic mass is 9.94. The summed E-state index contributed by atoms with van der Waals surface area (Å²) in [6.45, 7) is 4.17. The van der Waals surface area contributed by atoms with E-state index in [0.717, 1.165) is 27.9 Å². The van der Waals surface area contributed by atoms with Gasteiger partial charge in [0, 0.05) is 44.3 Å². The van der Waals surface area contributed by atoms with Crippen molar-refractivity contribution in [2.75, 3.05) is 19.0 Å². The van der Waals surface area contributed by atoms with Gasteiger partial charge in [-0.3, -0.25) is 14.6 Å². The van der Waals surface area contributed by atoms with Crippen LogP contribution in [0.25, 0.3) is 5.76 Å². The van der Waals surface area contributed by atoms with E-state index in [9.17, 15) is 14.7 Å². The number of amides is 1. The molecule has 2 heterocycles. The third-order valence-electron chi connectivity index (χ3n) is 6.15. The molecule has 1 amide bonds. The minimum absolute atomic E-state index is 0.106. The number of hydrogen-bond donors (Lipinski definition) is 1. The van der Waals surface area contributed by atoms with Crippen LogP contribution in [0.1, 0.15) is 33.9 Å². The molecule has 168 valence electrons. The highest BCUT2D eigenvalue weighted by atomic mass is 16.3. The molecule has 0 spiro atoms. The number of aliphatic hydroxyl groups is 1. The molecule has 0 bridgehead atoms. The second kappa shape index (κ2) is 8.90. The van der Waals surface area contributed by atoms with Gasteiger partial charge >= 0.3 is 0 Å². The van der Waals surface area contributed by atoms with Gasteiger partial charge in [-0.2, -0.15) is 0 Å². The molecule has 1 aliphatic rings. The number of anilines is 1. The van der Waals surface area contributed by atoms with Crippen molar-refractivity contribution in [3.63, 3.8) is 0 Å². The molecule has 3 aromatic rings. The van der Waals surface area contributed by atoms with E-state index >= 15 is 0 Å². The van der Waals surface area contributed by atoms with Gasteiger partial charge in [0.15, 0.2) is 0 Å². The van der Waals surface area contributed by atoms with Crippen molar-refractivity contribution < 1.29 is 14.7 Å². The Labute approximate surface area is 193 Å². The quantitative estimate of drug-likeness (QED) is 0.361. The van der Waals surface area contributed by atoms with Crippen molar-refractivity contribution in [3.05, 3.63) is 100 Å². The number of ketones is 1. The number of carbonyl (C=O) groups excluding carboxylic acids is 2. The standard InChI is InChI=1S/C27H27N3O3/c1-17-5-6-21(15-18(17)2)25(31)23-24(20-7-9-22(10-8-20)29(3)4)30(27(33)26(23)32)16-19-11-13-28-14-12-19/h5-15,24,31H,16H2,1-4H3/b25-23-. The Kier molecular flexibility index (Phi) is 6.01. The van der Waals surface area contributed by atoms with Crippen LogP contribution in [0.4, 0.5) is 5.69 Å². The van der Waals surface area contributed by atoms with E-state index < -0.39 is 17.7 Å². The molecule has 6 heteroatoms. The zero-order valence-corrected chi connectivity index (χ0v) is 19.2. The second-order valence-corrected chi connectivity index (χ2v) is 8.57. The summed E-state index contributed by atoms with van der Waals surface area (Å²) in [5.74, 6) is -1.46. The summed E-state index contributed by atoms with van der Waals surface area (Å²) in [6.07, 6.45) is 3.31. The number of aryl methyl sites for hydroxylation is 2. The van der Waals surface area contributed by atoms with Gasteiger partial charge in [0.05, 0.1) is 11.6 Å². The number of Topliss-reactive ketones (excluding diaryl/α,β-unsaturated/α-hetero) is 1.